The smallest absolute Gasteiger partial charge is 0.329 e. The number of amides is 2. The molecule has 5 heteroatoms. The summed E-state index contributed by atoms with van der Waals surface area (Å²) in [5, 5.41) is 9.73. The fourth-order valence-electron chi connectivity index (χ4n) is 4.10. The summed E-state index contributed by atoms with van der Waals surface area (Å²) in [6.07, 6.45) is 5.86. The average molecular weight is 296 g/mol. The minimum atomic E-state index is -0.983. The summed E-state index contributed by atoms with van der Waals surface area (Å²) in [5.41, 5.74) is -0.983. The van der Waals surface area contributed by atoms with Crippen LogP contribution in [0.2, 0.25) is 0 Å². The molecule has 2 aliphatic heterocycles. The lowest BCUT2D eigenvalue weighted by Gasteiger charge is -2.44. The number of piperidine rings is 1. The molecule has 0 saturated carbocycles. The standard InChI is InChI=1S/C16H28N2O3/c1-4-9-16(14(19)20)10-6-11-17(16)15(21)18-12(2)7-5-8-13(18)3/h12-13H,4-11H2,1-3H3,(H,19,20)/t12-,13+,16?. The van der Waals surface area contributed by atoms with Gasteiger partial charge in [0.2, 0.25) is 0 Å². The van der Waals surface area contributed by atoms with E-state index in [0.717, 1.165) is 32.1 Å². The Hall–Kier alpha value is -1.26. The van der Waals surface area contributed by atoms with Gasteiger partial charge in [0, 0.05) is 18.6 Å². The summed E-state index contributed by atoms with van der Waals surface area (Å²) >= 11 is 0. The molecule has 120 valence electrons. The van der Waals surface area contributed by atoms with Crippen molar-refractivity contribution in [2.75, 3.05) is 6.54 Å². The van der Waals surface area contributed by atoms with Crippen molar-refractivity contribution in [1.82, 2.24) is 9.80 Å². The van der Waals surface area contributed by atoms with Crippen molar-refractivity contribution < 1.29 is 14.7 Å². The summed E-state index contributed by atoms with van der Waals surface area (Å²) in [7, 11) is 0. The van der Waals surface area contributed by atoms with Gasteiger partial charge in [-0.05, 0) is 52.4 Å². The lowest BCUT2D eigenvalue weighted by atomic mass is 9.90. The van der Waals surface area contributed by atoms with Crippen molar-refractivity contribution >= 4 is 12.0 Å². The number of aliphatic carboxylic acids is 1. The third-order valence-corrected chi connectivity index (χ3v) is 5.20. The second-order valence-corrected chi connectivity index (χ2v) is 6.66. The second-order valence-electron chi connectivity index (χ2n) is 6.66. The van der Waals surface area contributed by atoms with E-state index in [4.69, 9.17) is 0 Å². The highest BCUT2D eigenvalue weighted by Crippen LogP contribution is 2.36. The molecule has 3 atom stereocenters. The largest absolute Gasteiger partial charge is 0.479 e. The van der Waals surface area contributed by atoms with Gasteiger partial charge in [-0.2, -0.15) is 0 Å². The maximum Gasteiger partial charge on any atom is 0.329 e. The summed E-state index contributed by atoms with van der Waals surface area (Å²) in [6.45, 7) is 6.71. The van der Waals surface area contributed by atoms with Gasteiger partial charge in [-0.3, -0.25) is 0 Å². The highest BCUT2D eigenvalue weighted by Gasteiger charge is 2.51. The van der Waals surface area contributed by atoms with Gasteiger partial charge in [0.15, 0.2) is 0 Å². The predicted octanol–water partition coefficient (Wildman–Crippen LogP) is 3.09. The first-order chi connectivity index (χ1) is 9.94. The van der Waals surface area contributed by atoms with Crippen LogP contribution in [0.4, 0.5) is 4.79 Å². The quantitative estimate of drug-likeness (QED) is 0.870. The molecule has 1 N–H and O–H groups in total. The molecule has 2 fully saturated rings. The number of hydrogen-bond acceptors (Lipinski definition) is 2. The Bertz CT molecular complexity index is 402. The molecule has 2 saturated heterocycles. The summed E-state index contributed by atoms with van der Waals surface area (Å²) < 4.78 is 0. The van der Waals surface area contributed by atoms with Gasteiger partial charge in [-0.25, -0.2) is 9.59 Å². The van der Waals surface area contributed by atoms with Gasteiger partial charge in [-0.1, -0.05) is 13.3 Å². The fourth-order valence-corrected chi connectivity index (χ4v) is 4.10. The SMILES string of the molecule is CCCC1(C(=O)O)CCCN1C(=O)N1[C@H](C)CCC[C@@H]1C. The van der Waals surface area contributed by atoms with Crippen molar-refractivity contribution in [3.05, 3.63) is 0 Å². The Morgan fingerprint density at radius 3 is 2.33 bits per heavy atom. The Morgan fingerprint density at radius 1 is 1.19 bits per heavy atom. The zero-order valence-corrected chi connectivity index (χ0v) is 13.5. The van der Waals surface area contributed by atoms with E-state index in [-0.39, 0.29) is 18.1 Å². The van der Waals surface area contributed by atoms with Crippen LogP contribution in [0.1, 0.15) is 65.7 Å². The predicted molar refractivity (Wildman–Crippen MR) is 81.2 cm³/mol. The number of likely N-dealkylation sites (tertiary alicyclic amines) is 2. The molecule has 2 aliphatic rings. The number of carbonyl (C=O) groups excluding carboxylic acids is 1. The van der Waals surface area contributed by atoms with Crippen LogP contribution in [0.5, 0.6) is 0 Å². The summed E-state index contributed by atoms with van der Waals surface area (Å²) in [6, 6.07) is 0.341. The Kier molecular flexibility index (Phi) is 4.79. The minimum absolute atomic E-state index is 0.0666. The molecule has 0 aromatic carbocycles. The van der Waals surface area contributed by atoms with E-state index < -0.39 is 11.5 Å². The van der Waals surface area contributed by atoms with Gasteiger partial charge in [0.25, 0.3) is 0 Å². The number of hydrogen-bond donors (Lipinski definition) is 1. The van der Waals surface area contributed by atoms with E-state index >= 15 is 0 Å². The monoisotopic (exact) mass is 296 g/mol. The first-order valence-electron chi connectivity index (χ1n) is 8.27. The van der Waals surface area contributed by atoms with Crippen molar-refractivity contribution in [3.8, 4) is 0 Å². The van der Waals surface area contributed by atoms with Gasteiger partial charge >= 0.3 is 12.0 Å². The molecule has 5 nitrogen and oxygen atoms in total. The molecular weight excluding hydrogens is 268 g/mol. The minimum Gasteiger partial charge on any atom is -0.479 e. The number of rotatable bonds is 3. The van der Waals surface area contributed by atoms with E-state index in [1.54, 1.807) is 4.90 Å². The lowest BCUT2D eigenvalue weighted by molar-refractivity contribution is -0.149. The topological polar surface area (TPSA) is 60.9 Å². The molecule has 21 heavy (non-hydrogen) atoms. The van der Waals surface area contributed by atoms with Gasteiger partial charge in [0.1, 0.15) is 5.54 Å². The normalized spacial score (nSPS) is 33.3. The van der Waals surface area contributed by atoms with Crippen LogP contribution < -0.4 is 0 Å². The third kappa shape index (κ3) is 2.74. The molecule has 0 aromatic heterocycles. The van der Waals surface area contributed by atoms with Crippen LogP contribution in [0.25, 0.3) is 0 Å². The van der Waals surface area contributed by atoms with Crippen LogP contribution in [0.3, 0.4) is 0 Å². The molecule has 0 bridgehead atoms. The Morgan fingerprint density at radius 2 is 1.81 bits per heavy atom. The van der Waals surface area contributed by atoms with E-state index in [9.17, 15) is 14.7 Å². The van der Waals surface area contributed by atoms with E-state index in [2.05, 4.69) is 13.8 Å². The number of urea groups is 1. The molecule has 0 aromatic rings. The zero-order chi connectivity index (χ0) is 15.6. The summed E-state index contributed by atoms with van der Waals surface area (Å²) in [5.74, 6) is -0.840. The maximum atomic E-state index is 13.0. The van der Waals surface area contributed by atoms with Crippen LogP contribution in [-0.4, -0.2) is 51.1 Å². The number of carboxylic acid groups (broad SMARTS) is 1. The molecule has 0 aliphatic carbocycles. The highest BCUT2D eigenvalue weighted by molar-refractivity contribution is 5.87. The van der Waals surface area contributed by atoms with Crippen LogP contribution in [-0.2, 0) is 4.79 Å². The Balaban J connectivity index is 2.25. The number of carbonyl (C=O) groups is 2. The molecule has 2 heterocycles. The third-order valence-electron chi connectivity index (χ3n) is 5.20. The van der Waals surface area contributed by atoms with E-state index in [0.29, 0.717) is 19.4 Å². The molecule has 0 spiro atoms. The molecule has 2 amide bonds. The van der Waals surface area contributed by atoms with Crippen molar-refractivity contribution in [3.63, 3.8) is 0 Å². The zero-order valence-electron chi connectivity index (χ0n) is 13.5. The van der Waals surface area contributed by atoms with Crippen LogP contribution >= 0.6 is 0 Å². The first kappa shape index (κ1) is 16.1. The van der Waals surface area contributed by atoms with Crippen LogP contribution in [0, 0.1) is 0 Å². The van der Waals surface area contributed by atoms with Gasteiger partial charge in [-0.15, -0.1) is 0 Å². The van der Waals surface area contributed by atoms with Gasteiger partial charge in [0.05, 0.1) is 0 Å². The Labute approximate surface area is 127 Å². The maximum absolute atomic E-state index is 13.0. The van der Waals surface area contributed by atoms with Crippen molar-refractivity contribution in [2.24, 2.45) is 0 Å². The van der Waals surface area contributed by atoms with Crippen molar-refractivity contribution in [2.45, 2.75) is 83.3 Å². The molecule has 2 rings (SSSR count). The number of nitrogens with zero attached hydrogens (tertiary/aromatic N) is 2. The van der Waals surface area contributed by atoms with Crippen LogP contribution in [0.15, 0.2) is 0 Å². The van der Waals surface area contributed by atoms with Crippen molar-refractivity contribution in [1.29, 1.82) is 0 Å². The fraction of sp³-hybridized carbons (Fsp3) is 0.875. The summed E-state index contributed by atoms with van der Waals surface area (Å²) in [4.78, 5) is 28.4. The molecule has 0 radical (unpaired) electrons. The highest BCUT2D eigenvalue weighted by atomic mass is 16.4. The van der Waals surface area contributed by atoms with E-state index in [1.165, 1.54) is 0 Å². The first-order valence-corrected chi connectivity index (χ1v) is 8.27. The number of carboxylic acids is 1. The average Bonchev–Trinajstić information content (AvgIpc) is 2.84. The molecule has 1 unspecified atom stereocenters. The lowest BCUT2D eigenvalue weighted by Crippen LogP contribution is -2.60. The second kappa shape index (κ2) is 6.24. The van der Waals surface area contributed by atoms with E-state index in [1.807, 2.05) is 11.8 Å². The van der Waals surface area contributed by atoms with Gasteiger partial charge < -0.3 is 14.9 Å². The molecular formula is C16H28N2O3.